The van der Waals surface area contributed by atoms with Crippen molar-refractivity contribution in [2.45, 2.75) is 63.8 Å². The van der Waals surface area contributed by atoms with Gasteiger partial charge in [0.05, 0.1) is 11.7 Å². The minimum Gasteiger partial charge on any atom is -0.368 e. The molecule has 1 amide bonds. The molecule has 0 bridgehead atoms. The summed E-state index contributed by atoms with van der Waals surface area (Å²) in [6, 6.07) is 4.05. The van der Waals surface area contributed by atoms with E-state index in [0.717, 1.165) is 56.5 Å². The third-order valence-electron chi connectivity index (χ3n) is 6.44. The minimum absolute atomic E-state index is 0.0409. The minimum atomic E-state index is -0.337. The van der Waals surface area contributed by atoms with E-state index in [1.807, 2.05) is 4.90 Å². The zero-order valence-electron chi connectivity index (χ0n) is 17.1. The van der Waals surface area contributed by atoms with Crippen LogP contribution in [0.1, 0.15) is 60.1 Å². The number of amides is 1. The number of ether oxygens (including phenoxy) is 1. The van der Waals surface area contributed by atoms with Crippen molar-refractivity contribution in [1.29, 1.82) is 0 Å². The Labute approximate surface area is 180 Å². The third-order valence-corrected chi connectivity index (χ3v) is 7.30. The number of aromatic nitrogens is 2. The Morgan fingerprint density at radius 3 is 3.00 bits per heavy atom. The number of hydrogen-bond donors (Lipinski definition) is 1. The van der Waals surface area contributed by atoms with Crippen molar-refractivity contribution in [2.75, 3.05) is 19.7 Å². The van der Waals surface area contributed by atoms with Gasteiger partial charge in [-0.3, -0.25) is 14.5 Å². The maximum Gasteiger partial charge on any atom is 0.254 e. The summed E-state index contributed by atoms with van der Waals surface area (Å²) in [5.41, 5.74) is 1.63. The Morgan fingerprint density at radius 2 is 2.20 bits per heavy atom. The summed E-state index contributed by atoms with van der Waals surface area (Å²) >= 11 is 1.76. The molecule has 0 aromatic carbocycles. The summed E-state index contributed by atoms with van der Waals surface area (Å²) in [6.45, 7) is 3.78. The van der Waals surface area contributed by atoms with Gasteiger partial charge in [0, 0.05) is 43.2 Å². The second kappa shape index (κ2) is 8.61. The molecule has 160 valence electrons. The average molecular weight is 429 g/mol. The molecule has 1 N–H and O–H groups in total. The molecule has 0 radical (unpaired) electrons. The number of nitrogens with one attached hydrogen (secondary N) is 1. The topological polar surface area (TPSA) is 78.5 Å². The summed E-state index contributed by atoms with van der Waals surface area (Å²) in [5.74, 6) is 0.694. The molecule has 2 saturated heterocycles. The van der Waals surface area contributed by atoms with Gasteiger partial charge in [0.1, 0.15) is 11.9 Å². The lowest BCUT2D eigenvalue weighted by molar-refractivity contribution is -0.145. The van der Waals surface area contributed by atoms with Crippen LogP contribution in [0, 0.1) is 0 Å². The van der Waals surface area contributed by atoms with Crippen LogP contribution in [-0.4, -0.2) is 51.5 Å². The van der Waals surface area contributed by atoms with Crippen LogP contribution in [0.5, 0.6) is 0 Å². The highest BCUT2D eigenvalue weighted by atomic mass is 32.1. The van der Waals surface area contributed by atoms with Crippen LogP contribution < -0.4 is 5.56 Å². The van der Waals surface area contributed by atoms with Gasteiger partial charge >= 0.3 is 0 Å². The molecular formula is C22H28N4O3S. The van der Waals surface area contributed by atoms with Crippen LogP contribution in [0.25, 0.3) is 0 Å². The third kappa shape index (κ3) is 3.96. The number of piperidine rings is 1. The van der Waals surface area contributed by atoms with Crippen molar-refractivity contribution >= 4 is 17.2 Å². The smallest absolute Gasteiger partial charge is 0.254 e. The summed E-state index contributed by atoms with van der Waals surface area (Å²) in [6.07, 6.45) is 4.95. The van der Waals surface area contributed by atoms with E-state index in [0.29, 0.717) is 31.9 Å². The average Bonchev–Trinajstić information content (AvgIpc) is 3.47. The molecule has 2 aromatic heterocycles. The first-order chi connectivity index (χ1) is 14.7. The van der Waals surface area contributed by atoms with Gasteiger partial charge in [0.15, 0.2) is 0 Å². The van der Waals surface area contributed by atoms with Crippen molar-refractivity contribution in [3.8, 4) is 0 Å². The second-order valence-corrected chi connectivity index (χ2v) is 9.49. The number of likely N-dealkylation sites (tertiary alicyclic amines) is 1. The largest absolute Gasteiger partial charge is 0.368 e. The zero-order chi connectivity index (χ0) is 20.5. The van der Waals surface area contributed by atoms with Gasteiger partial charge in [-0.15, -0.1) is 11.3 Å². The van der Waals surface area contributed by atoms with E-state index in [9.17, 15) is 9.59 Å². The summed E-state index contributed by atoms with van der Waals surface area (Å²) in [4.78, 5) is 39.4. The second-order valence-electron chi connectivity index (χ2n) is 8.46. The fourth-order valence-corrected chi connectivity index (χ4v) is 5.61. The Balaban J connectivity index is 1.39. The molecule has 2 atom stereocenters. The maximum atomic E-state index is 13.1. The predicted molar refractivity (Wildman–Crippen MR) is 114 cm³/mol. The normalized spacial score (nSPS) is 24.7. The molecule has 0 saturated carbocycles. The fourth-order valence-electron chi connectivity index (χ4n) is 4.87. The lowest BCUT2D eigenvalue weighted by atomic mass is 9.99. The number of rotatable bonds is 4. The number of hydrogen-bond acceptors (Lipinski definition) is 6. The van der Waals surface area contributed by atoms with Crippen LogP contribution >= 0.6 is 11.3 Å². The number of aromatic amines is 1. The predicted octanol–water partition coefficient (Wildman–Crippen LogP) is 2.62. The standard InChI is InChI=1S/C22H28N4O3S/c27-21-16-8-10-25(13-15-5-4-12-30-15)14-17(16)23-20(24-21)18-6-1-2-9-26(18)22(28)19-7-3-11-29-19/h4-5,12,18-19H,1-3,6-11,13-14H2,(H,23,24,27)/t18-,19-/m1/s1. The van der Waals surface area contributed by atoms with Gasteiger partial charge in [0.2, 0.25) is 0 Å². The molecule has 5 heterocycles. The number of carbonyl (C=O) groups excluding carboxylic acids is 1. The molecule has 3 aliphatic heterocycles. The van der Waals surface area contributed by atoms with E-state index in [1.54, 1.807) is 11.3 Å². The van der Waals surface area contributed by atoms with E-state index < -0.39 is 0 Å². The SMILES string of the molecule is O=C([C@H]1CCCO1)N1CCCC[C@@H]1c1nc2c(c(=O)[nH]1)CCN(Cc1cccs1)C2. The van der Waals surface area contributed by atoms with Crippen molar-refractivity contribution in [3.63, 3.8) is 0 Å². The summed E-state index contributed by atoms with van der Waals surface area (Å²) < 4.78 is 5.64. The van der Waals surface area contributed by atoms with E-state index in [-0.39, 0.29) is 23.6 Å². The van der Waals surface area contributed by atoms with Crippen LogP contribution in [0.3, 0.4) is 0 Å². The number of nitrogens with zero attached hydrogens (tertiary/aromatic N) is 3. The highest BCUT2D eigenvalue weighted by Crippen LogP contribution is 2.31. The highest BCUT2D eigenvalue weighted by molar-refractivity contribution is 7.09. The Hall–Kier alpha value is -2.03. The van der Waals surface area contributed by atoms with Crippen molar-refractivity contribution < 1.29 is 9.53 Å². The van der Waals surface area contributed by atoms with Crippen molar-refractivity contribution in [2.24, 2.45) is 0 Å². The molecule has 2 fully saturated rings. The van der Waals surface area contributed by atoms with E-state index in [1.165, 1.54) is 4.88 Å². The molecule has 0 spiro atoms. The first-order valence-corrected chi connectivity index (χ1v) is 11.9. The number of carbonyl (C=O) groups is 1. The molecule has 2 aromatic rings. The van der Waals surface area contributed by atoms with Gasteiger partial charge < -0.3 is 14.6 Å². The van der Waals surface area contributed by atoms with Crippen LogP contribution in [0.4, 0.5) is 0 Å². The first-order valence-electron chi connectivity index (χ1n) is 11.0. The molecule has 3 aliphatic rings. The van der Waals surface area contributed by atoms with Gasteiger partial charge in [-0.05, 0) is 50.0 Å². The fraction of sp³-hybridized carbons (Fsp3) is 0.591. The van der Waals surface area contributed by atoms with Gasteiger partial charge in [-0.2, -0.15) is 0 Å². The van der Waals surface area contributed by atoms with Gasteiger partial charge in [-0.25, -0.2) is 4.98 Å². The van der Waals surface area contributed by atoms with Crippen LogP contribution in [-0.2, 0) is 29.0 Å². The number of thiophene rings is 1. The maximum absolute atomic E-state index is 13.1. The Morgan fingerprint density at radius 1 is 1.27 bits per heavy atom. The Kier molecular flexibility index (Phi) is 5.71. The molecule has 30 heavy (non-hydrogen) atoms. The lowest BCUT2D eigenvalue weighted by Crippen LogP contribution is -2.45. The summed E-state index contributed by atoms with van der Waals surface area (Å²) in [7, 11) is 0. The molecular weight excluding hydrogens is 400 g/mol. The van der Waals surface area contributed by atoms with Crippen molar-refractivity contribution in [1.82, 2.24) is 19.8 Å². The molecule has 7 nitrogen and oxygen atoms in total. The highest BCUT2D eigenvalue weighted by Gasteiger charge is 2.36. The first kappa shape index (κ1) is 19.9. The monoisotopic (exact) mass is 428 g/mol. The summed E-state index contributed by atoms with van der Waals surface area (Å²) in [5, 5.41) is 2.09. The van der Waals surface area contributed by atoms with Gasteiger partial charge in [-0.1, -0.05) is 6.07 Å². The van der Waals surface area contributed by atoms with E-state index in [2.05, 4.69) is 27.4 Å². The van der Waals surface area contributed by atoms with E-state index >= 15 is 0 Å². The molecule has 0 unspecified atom stereocenters. The van der Waals surface area contributed by atoms with E-state index in [4.69, 9.17) is 9.72 Å². The van der Waals surface area contributed by atoms with Crippen LogP contribution in [0.2, 0.25) is 0 Å². The van der Waals surface area contributed by atoms with Crippen molar-refractivity contribution in [3.05, 3.63) is 49.8 Å². The number of H-pyrrole nitrogens is 1. The molecule has 8 heteroatoms. The van der Waals surface area contributed by atoms with Crippen LogP contribution in [0.15, 0.2) is 22.3 Å². The zero-order valence-corrected chi connectivity index (χ0v) is 18.0. The quantitative estimate of drug-likeness (QED) is 0.810. The molecule has 5 rings (SSSR count). The number of fused-ring (bicyclic) bond motifs is 1. The molecule has 0 aliphatic carbocycles. The Bertz CT molecular complexity index is 952. The van der Waals surface area contributed by atoms with Gasteiger partial charge in [0.25, 0.3) is 11.5 Å². The lowest BCUT2D eigenvalue weighted by Gasteiger charge is -2.37.